The minimum Gasteiger partial charge on any atom is -0.477 e. The number of fused-ring (bicyclic) bond motifs is 2. The highest BCUT2D eigenvalue weighted by Crippen LogP contribution is 2.44. The molecule has 2 atom stereocenters. The first-order valence-electron chi connectivity index (χ1n) is 17.0. The third-order valence-electron chi connectivity index (χ3n) is 9.81. The van der Waals surface area contributed by atoms with Crippen LogP contribution in [-0.4, -0.2) is 87.3 Å². The summed E-state index contributed by atoms with van der Waals surface area (Å²) in [7, 11) is 0. The molecule has 2 unspecified atom stereocenters. The standard InChI is InChI=1S/C39H38N6O4/c1-38(36-42-14-18-48-36)22-29(34-40-12-16-46-34)27-20-25(8-10-31(27)44-38)33(24-6-4-3-5-7-24)26-9-11-32-28(21-26)30(35-41-13-17-47-35)23-39(2,45-32)37-43-15-19-49-37/h3-11,20-23,33,44-45H,12-19H2,1-2H3. The Morgan fingerprint density at radius 1 is 0.551 bits per heavy atom. The van der Waals surface area contributed by atoms with E-state index >= 15 is 0 Å². The van der Waals surface area contributed by atoms with Crippen molar-refractivity contribution in [1.29, 1.82) is 0 Å². The number of hydrogen-bond donors (Lipinski definition) is 2. The fourth-order valence-corrected chi connectivity index (χ4v) is 7.61. The fourth-order valence-electron chi connectivity index (χ4n) is 7.61. The first-order chi connectivity index (χ1) is 24.0. The number of nitrogens with one attached hydrogen (secondary N) is 2. The van der Waals surface area contributed by atoms with Gasteiger partial charge >= 0.3 is 0 Å². The Balaban J connectivity index is 1.17. The summed E-state index contributed by atoms with van der Waals surface area (Å²) in [6.45, 7) is 9.11. The van der Waals surface area contributed by atoms with Crippen molar-refractivity contribution < 1.29 is 18.9 Å². The molecule has 0 saturated heterocycles. The maximum absolute atomic E-state index is 6.07. The Labute approximate surface area is 285 Å². The topological polar surface area (TPSA) is 110 Å². The first kappa shape index (κ1) is 29.7. The summed E-state index contributed by atoms with van der Waals surface area (Å²) >= 11 is 0. The summed E-state index contributed by atoms with van der Waals surface area (Å²) in [6, 6.07) is 24.0. The van der Waals surface area contributed by atoms with Gasteiger partial charge in [-0.3, -0.25) is 0 Å². The smallest absolute Gasteiger partial charge is 0.216 e. The van der Waals surface area contributed by atoms with Crippen molar-refractivity contribution in [2.75, 3.05) is 63.2 Å². The van der Waals surface area contributed by atoms with Gasteiger partial charge in [0.2, 0.25) is 23.6 Å². The van der Waals surface area contributed by atoms with Crippen LogP contribution in [0.5, 0.6) is 0 Å². The van der Waals surface area contributed by atoms with Crippen molar-refractivity contribution in [2.24, 2.45) is 20.0 Å². The number of benzene rings is 3. The van der Waals surface area contributed by atoms with Crippen LogP contribution < -0.4 is 10.6 Å². The second-order valence-electron chi connectivity index (χ2n) is 13.4. The lowest BCUT2D eigenvalue weighted by molar-refractivity contribution is 0.327. The molecule has 0 spiro atoms. The van der Waals surface area contributed by atoms with Crippen LogP contribution in [0.4, 0.5) is 11.4 Å². The molecule has 6 heterocycles. The molecule has 0 aromatic heterocycles. The number of anilines is 2. The zero-order valence-electron chi connectivity index (χ0n) is 27.7. The Kier molecular flexibility index (Phi) is 7.07. The van der Waals surface area contributed by atoms with E-state index in [0.717, 1.165) is 44.8 Å². The van der Waals surface area contributed by atoms with Gasteiger partial charge in [-0.25, -0.2) is 20.0 Å². The molecule has 0 radical (unpaired) electrons. The first-order valence-corrected chi connectivity index (χ1v) is 17.0. The van der Waals surface area contributed by atoms with E-state index in [1.165, 1.54) is 5.56 Å². The van der Waals surface area contributed by atoms with Gasteiger partial charge in [0.05, 0.1) is 26.2 Å². The number of rotatable bonds is 7. The van der Waals surface area contributed by atoms with Crippen molar-refractivity contribution in [2.45, 2.75) is 30.8 Å². The molecule has 49 heavy (non-hydrogen) atoms. The lowest BCUT2D eigenvalue weighted by Gasteiger charge is -2.35. The van der Waals surface area contributed by atoms with E-state index in [9.17, 15) is 0 Å². The van der Waals surface area contributed by atoms with Crippen LogP contribution >= 0.6 is 0 Å². The quantitative estimate of drug-likeness (QED) is 0.316. The highest BCUT2D eigenvalue weighted by atomic mass is 16.5. The zero-order valence-corrected chi connectivity index (χ0v) is 27.7. The average Bonchev–Trinajstić information content (AvgIpc) is 3.97. The van der Waals surface area contributed by atoms with Crippen molar-refractivity contribution in [1.82, 2.24) is 0 Å². The third kappa shape index (κ3) is 5.17. The van der Waals surface area contributed by atoms with E-state index in [0.29, 0.717) is 76.2 Å². The number of ether oxygens (including phenoxy) is 4. The second kappa shape index (κ2) is 11.6. The third-order valence-corrected chi connectivity index (χ3v) is 9.81. The highest BCUT2D eigenvalue weighted by Gasteiger charge is 2.40. The summed E-state index contributed by atoms with van der Waals surface area (Å²) in [5.74, 6) is 2.62. The fraction of sp³-hybridized carbons (Fsp3) is 0.333. The molecule has 3 aromatic rings. The SMILES string of the molecule is CC1(C2=NCCO2)C=C(C2=NCCO2)c2cc(C(c3ccccc3)c3ccc4c(c3)C(C3=NCCO3)=CC(C)(C3=NCCO3)N4)ccc2N1. The van der Waals surface area contributed by atoms with E-state index in [1.54, 1.807) is 0 Å². The lowest BCUT2D eigenvalue weighted by atomic mass is 9.80. The van der Waals surface area contributed by atoms with Crippen LogP contribution in [-0.2, 0) is 18.9 Å². The molecular formula is C39H38N6O4. The molecule has 0 saturated carbocycles. The second-order valence-corrected chi connectivity index (χ2v) is 13.4. The van der Waals surface area contributed by atoms with E-state index in [1.807, 2.05) is 0 Å². The zero-order chi connectivity index (χ0) is 33.0. The Morgan fingerprint density at radius 2 is 1.02 bits per heavy atom. The molecule has 10 nitrogen and oxygen atoms in total. The summed E-state index contributed by atoms with van der Waals surface area (Å²) < 4.78 is 24.0. The highest BCUT2D eigenvalue weighted by molar-refractivity contribution is 6.24. The summed E-state index contributed by atoms with van der Waals surface area (Å²) in [6.07, 6.45) is 4.31. The molecule has 2 N–H and O–H groups in total. The van der Waals surface area contributed by atoms with E-state index in [-0.39, 0.29) is 5.92 Å². The predicted octanol–water partition coefficient (Wildman–Crippen LogP) is 5.72. The molecule has 10 heteroatoms. The van der Waals surface area contributed by atoms with E-state index in [4.69, 9.17) is 28.9 Å². The minimum absolute atomic E-state index is 0.0659. The maximum atomic E-state index is 6.07. The van der Waals surface area contributed by atoms with Gasteiger partial charge in [-0.2, -0.15) is 0 Å². The lowest BCUT2D eigenvalue weighted by Crippen LogP contribution is -2.44. The van der Waals surface area contributed by atoms with Crippen LogP contribution in [0.15, 0.2) is 98.9 Å². The molecule has 0 fully saturated rings. The molecule has 6 aliphatic rings. The van der Waals surface area contributed by atoms with Crippen molar-refractivity contribution in [3.8, 4) is 0 Å². The van der Waals surface area contributed by atoms with E-state index < -0.39 is 11.1 Å². The minimum atomic E-state index is -0.615. The largest absolute Gasteiger partial charge is 0.477 e. The van der Waals surface area contributed by atoms with Crippen molar-refractivity contribution in [3.63, 3.8) is 0 Å². The van der Waals surface area contributed by atoms with Gasteiger partial charge in [0.25, 0.3) is 0 Å². The normalized spacial score (nSPS) is 25.7. The van der Waals surface area contributed by atoms with E-state index in [2.05, 4.69) is 113 Å². The maximum Gasteiger partial charge on any atom is 0.216 e. The monoisotopic (exact) mass is 654 g/mol. The molecule has 9 rings (SSSR count). The van der Waals surface area contributed by atoms with Crippen LogP contribution in [0.1, 0.15) is 47.6 Å². The molecule has 0 bridgehead atoms. The summed E-state index contributed by atoms with van der Waals surface area (Å²) in [5, 5.41) is 7.44. The summed E-state index contributed by atoms with van der Waals surface area (Å²) in [4.78, 5) is 18.8. The van der Waals surface area contributed by atoms with Crippen molar-refractivity contribution in [3.05, 3.63) is 107 Å². The Morgan fingerprint density at radius 3 is 1.45 bits per heavy atom. The Bertz CT molecular complexity index is 1910. The summed E-state index contributed by atoms with van der Waals surface area (Å²) in [5.41, 5.74) is 8.21. The number of nitrogens with zero attached hydrogens (tertiary/aromatic N) is 4. The van der Waals surface area contributed by atoms with Crippen LogP contribution in [0.2, 0.25) is 0 Å². The van der Waals surface area contributed by atoms with Crippen LogP contribution in [0.25, 0.3) is 11.1 Å². The molecule has 6 aliphatic heterocycles. The van der Waals surface area contributed by atoms with Crippen LogP contribution in [0.3, 0.4) is 0 Å². The van der Waals surface area contributed by atoms with Gasteiger partial charge in [-0.15, -0.1) is 0 Å². The van der Waals surface area contributed by atoms with Gasteiger partial charge in [-0.1, -0.05) is 42.5 Å². The number of aliphatic imine (C=N–C) groups is 4. The average molecular weight is 655 g/mol. The molecule has 248 valence electrons. The van der Waals surface area contributed by atoms with Gasteiger partial charge < -0.3 is 29.6 Å². The molecular weight excluding hydrogens is 616 g/mol. The number of hydrogen-bond acceptors (Lipinski definition) is 10. The van der Waals surface area contributed by atoms with Gasteiger partial charge in [-0.05, 0) is 67.0 Å². The molecule has 0 aliphatic carbocycles. The molecule has 3 aromatic carbocycles. The Hall–Kier alpha value is -5.38. The van der Waals surface area contributed by atoms with Gasteiger partial charge in [0.15, 0.2) is 0 Å². The predicted molar refractivity (Wildman–Crippen MR) is 193 cm³/mol. The van der Waals surface area contributed by atoms with Gasteiger partial charge in [0, 0.05) is 39.6 Å². The molecule has 0 amide bonds. The van der Waals surface area contributed by atoms with Crippen molar-refractivity contribution >= 4 is 46.1 Å². The van der Waals surface area contributed by atoms with Gasteiger partial charge in [0.1, 0.15) is 37.5 Å². The van der Waals surface area contributed by atoms with Crippen LogP contribution in [0, 0.1) is 0 Å².